The van der Waals surface area contributed by atoms with Gasteiger partial charge in [-0.3, -0.25) is 9.59 Å². The predicted molar refractivity (Wildman–Crippen MR) is 151 cm³/mol. The Hall–Kier alpha value is -2.09. The number of carbonyl (C=O) groups is 2. The molecule has 9 nitrogen and oxygen atoms in total. The molecule has 0 saturated carbocycles. The lowest BCUT2D eigenvalue weighted by Gasteiger charge is -2.40. The normalized spacial score (nSPS) is 18.9. The number of benzene rings is 2. The van der Waals surface area contributed by atoms with Crippen LogP contribution in [0.15, 0.2) is 42.0 Å². The molecular weight excluding hydrogens is 650 g/mol. The zero-order valence-corrected chi connectivity index (χ0v) is 24.5. The van der Waals surface area contributed by atoms with Crippen molar-refractivity contribution in [1.29, 1.82) is 0 Å². The third-order valence-corrected chi connectivity index (χ3v) is 7.49. The summed E-state index contributed by atoms with van der Waals surface area (Å²) in [6, 6.07) is 7.41. The van der Waals surface area contributed by atoms with E-state index >= 15 is 0 Å². The highest BCUT2D eigenvalue weighted by atomic mass is 127. The molecule has 206 valence electrons. The highest BCUT2D eigenvalue weighted by molar-refractivity contribution is 14.1. The molecule has 0 radical (unpaired) electrons. The molecule has 0 aliphatic heterocycles. The van der Waals surface area contributed by atoms with Crippen LogP contribution in [0.4, 0.5) is 0 Å². The van der Waals surface area contributed by atoms with Crippen molar-refractivity contribution in [3.05, 3.63) is 66.7 Å². The number of halogens is 3. The Morgan fingerprint density at radius 3 is 2.55 bits per heavy atom. The van der Waals surface area contributed by atoms with Crippen molar-refractivity contribution in [1.82, 2.24) is 10.2 Å². The van der Waals surface area contributed by atoms with Crippen LogP contribution in [0.25, 0.3) is 0 Å². The van der Waals surface area contributed by atoms with Gasteiger partial charge in [0.05, 0.1) is 29.9 Å². The molecule has 3 atom stereocenters. The highest BCUT2D eigenvalue weighted by Gasteiger charge is 2.40. The maximum atomic E-state index is 12.9. The van der Waals surface area contributed by atoms with Crippen LogP contribution < -0.4 is 14.8 Å². The number of amides is 2. The molecule has 1 aliphatic carbocycles. The molecule has 2 aromatic rings. The number of ether oxygens (including phenoxy) is 2. The molecule has 0 heterocycles. The fourth-order valence-corrected chi connectivity index (χ4v) is 5.45. The molecule has 0 spiro atoms. The third kappa shape index (κ3) is 7.30. The summed E-state index contributed by atoms with van der Waals surface area (Å²) in [5, 5.41) is 33.6. The molecule has 0 fully saturated rings. The van der Waals surface area contributed by atoms with Gasteiger partial charge in [-0.25, -0.2) is 0 Å². The summed E-state index contributed by atoms with van der Waals surface area (Å²) in [5.74, 6) is -0.132. The van der Waals surface area contributed by atoms with Crippen molar-refractivity contribution in [2.75, 3.05) is 20.3 Å². The average Bonchev–Trinajstić information content (AvgIpc) is 2.88. The number of aliphatic hydroxyl groups is 3. The summed E-state index contributed by atoms with van der Waals surface area (Å²) in [4.78, 5) is 27.2. The minimum absolute atomic E-state index is 0.0417. The maximum absolute atomic E-state index is 12.9. The number of nitrogens with one attached hydrogen (secondary N) is 1. The van der Waals surface area contributed by atoms with E-state index in [2.05, 4.69) is 5.32 Å². The predicted octanol–water partition coefficient (Wildman–Crippen LogP) is 3.06. The van der Waals surface area contributed by atoms with Crippen LogP contribution >= 0.6 is 45.8 Å². The molecule has 2 amide bonds. The fourth-order valence-electron chi connectivity index (χ4n) is 4.19. The molecule has 0 saturated heterocycles. The topological polar surface area (TPSA) is 129 Å². The number of carbonyl (C=O) groups excluding carboxylic acids is 2. The first-order valence-corrected chi connectivity index (χ1v) is 13.6. The lowest BCUT2D eigenvalue weighted by atomic mass is 9.88. The van der Waals surface area contributed by atoms with Gasteiger partial charge in [-0.05, 0) is 64.1 Å². The minimum atomic E-state index is -1.22. The Kier molecular flexibility index (Phi) is 11.1. The van der Waals surface area contributed by atoms with Crippen LogP contribution in [0.5, 0.6) is 11.5 Å². The van der Waals surface area contributed by atoms with E-state index in [4.69, 9.17) is 37.8 Å². The summed E-state index contributed by atoms with van der Waals surface area (Å²) in [5.41, 5.74) is 1.52. The second-order valence-corrected chi connectivity index (χ2v) is 10.7. The molecule has 1 aliphatic rings. The third-order valence-electron chi connectivity index (χ3n) is 6.10. The van der Waals surface area contributed by atoms with Gasteiger partial charge in [-0.1, -0.05) is 29.3 Å². The van der Waals surface area contributed by atoms with Crippen LogP contribution in [-0.2, 0) is 22.7 Å². The molecular formula is C26H29Cl2IN2O7. The van der Waals surface area contributed by atoms with Crippen LogP contribution in [0.1, 0.15) is 24.5 Å². The van der Waals surface area contributed by atoms with Gasteiger partial charge >= 0.3 is 0 Å². The van der Waals surface area contributed by atoms with Gasteiger partial charge in [-0.15, -0.1) is 0 Å². The van der Waals surface area contributed by atoms with E-state index in [0.29, 0.717) is 36.2 Å². The van der Waals surface area contributed by atoms with Crippen LogP contribution in [0, 0.1) is 3.57 Å². The largest absolute Gasteiger partial charge is 0.493 e. The number of rotatable bonds is 10. The van der Waals surface area contributed by atoms with E-state index in [0.717, 1.165) is 0 Å². The van der Waals surface area contributed by atoms with Gasteiger partial charge in [0.15, 0.2) is 11.5 Å². The minimum Gasteiger partial charge on any atom is -0.493 e. The molecule has 2 aromatic carbocycles. The Labute approximate surface area is 244 Å². The number of methoxy groups -OCH3 is 1. The molecule has 4 N–H and O–H groups in total. The summed E-state index contributed by atoms with van der Waals surface area (Å²) >= 11 is 14.4. The van der Waals surface area contributed by atoms with Gasteiger partial charge in [0.25, 0.3) is 0 Å². The highest BCUT2D eigenvalue weighted by Crippen LogP contribution is 2.37. The lowest BCUT2D eigenvalue weighted by molar-refractivity contribution is -0.137. The summed E-state index contributed by atoms with van der Waals surface area (Å²) < 4.78 is 12.3. The number of nitrogens with zero attached hydrogens (tertiary/aromatic N) is 1. The van der Waals surface area contributed by atoms with Gasteiger partial charge in [0.1, 0.15) is 12.2 Å². The van der Waals surface area contributed by atoms with Gasteiger partial charge in [0.2, 0.25) is 11.8 Å². The average molecular weight is 679 g/mol. The van der Waals surface area contributed by atoms with Crippen LogP contribution in [0.2, 0.25) is 10.0 Å². The lowest BCUT2D eigenvalue weighted by Crippen LogP contribution is -2.54. The smallest absolute Gasteiger partial charge is 0.247 e. The van der Waals surface area contributed by atoms with Crippen molar-refractivity contribution >= 4 is 57.6 Å². The van der Waals surface area contributed by atoms with E-state index in [-0.39, 0.29) is 44.2 Å². The molecule has 0 aromatic heterocycles. The zero-order valence-electron chi connectivity index (χ0n) is 20.8. The van der Waals surface area contributed by atoms with E-state index < -0.39 is 24.2 Å². The van der Waals surface area contributed by atoms with E-state index in [9.17, 15) is 19.8 Å². The van der Waals surface area contributed by atoms with Crippen molar-refractivity contribution in [3.8, 4) is 11.5 Å². The van der Waals surface area contributed by atoms with Gasteiger partial charge < -0.3 is 35.0 Å². The van der Waals surface area contributed by atoms with Crippen molar-refractivity contribution in [3.63, 3.8) is 0 Å². The van der Waals surface area contributed by atoms with E-state index in [1.165, 1.54) is 25.0 Å². The molecule has 0 unspecified atom stereocenters. The van der Waals surface area contributed by atoms with Crippen molar-refractivity contribution in [2.45, 2.75) is 44.7 Å². The Morgan fingerprint density at radius 2 is 1.95 bits per heavy atom. The first kappa shape index (κ1) is 30.5. The Balaban J connectivity index is 2.01. The van der Waals surface area contributed by atoms with Crippen molar-refractivity contribution in [2.24, 2.45) is 0 Å². The zero-order chi connectivity index (χ0) is 28.0. The van der Waals surface area contributed by atoms with Gasteiger partial charge in [0, 0.05) is 42.1 Å². The molecule has 38 heavy (non-hydrogen) atoms. The van der Waals surface area contributed by atoms with Crippen LogP contribution in [0.3, 0.4) is 0 Å². The number of aliphatic hydroxyl groups excluding tert-OH is 3. The summed E-state index contributed by atoms with van der Waals surface area (Å²) in [6.45, 7) is 1.04. The molecule has 0 bridgehead atoms. The number of hydrogen-bond donors (Lipinski definition) is 4. The standard InChI is InChI=1S/C26H29Cl2IN2O7/c1-14(34)31(12-16-3-4-18(27)11-19(16)28)21-9-17(26(36)30-5-6-32)10-22(24(21)35)38-25-20(29)7-15(13-33)8-23(25)37-2/h3-4,7-8,10-11,21-22,24,32-33,35H,5-6,9,12-13H2,1-2H3,(H,30,36)/t21-,22+,24+/m1/s1. The molecule has 12 heteroatoms. The maximum Gasteiger partial charge on any atom is 0.247 e. The summed E-state index contributed by atoms with van der Waals surface area (Å²) in [6.07, 6.45) is -0.705. The van der Waals surface area contributed by atoms with Crippen molar-refractivity contribution < 1.29 is 34.4 Å². The second kappa shape index (κ2) is 13.8. The number of hydrogen-bond acceptors (Lipinski definition) is 7. The Morgan fingerprint density at radius 1 is 1.21 bits per heavy atom. The monoisotopic (exact) mass is 678 g/mol. The SMILES string of the molecule is COc1cc(CO)cc(I)c1O[C@H]1C=C(C(=O)NCCO)C[C@@H](N(Cc2ccc(Cl)cc2Cl)C(C)=O)[C@@H]1O. The van der Waals surface area contributed by atoms with Gasteiger partial charge in [-0.2, -0.15) is 0 Å². The second-order valence-electron chi connectivity index (χ2n) is 8.67. The first-order chi connectivity index (χ1) is 18.1. The summed E-state index contributed by atoms with van der Waals surface area (Å²) in [7, 11) is 1.45. The van der Waals surface area contributed by atoms with E-state index in [1.54, 1.807) is 30.3 Å². The fraction of sp³-hybridized carbons (Fsp3) is 0.385. The Bertz CT molecular complexity index is 1210. The van der Waals surface area contributed by atoms with Crippen LogP contribution in [-0.4, -0.2) is 70.5 Å². The molecule has 3 rings (SSSR count). The van der Waals surface area contributed by atoms with E-state index in [1.807, 2.05) is 22.6 Å². The quantitative estimate of drug-likeness (QED) is 0.285. The first-order valence-electron chi connectivity index (χ1n) is 11.7.